The largest absolute Gasteiger partial charge is 0.383 e. The van der Waals surface area contributed by atoms with Crippen LogP contribution in [0.5, 0.6) is 0 Å². The number of hydrogen-bond donors (Lipinski definition) is 2. The van der Waals surface area contributed by atoms with E-state index in [9.17, 15) is 13.2 Å². The van der Waals surface area contributed by atoms with Crippen molar-refractivity contribution in [2.45, 2.75) is 50.0 Å². The molecule has 2 aliphatic heterocycles. The number of fused-ring (bicyclic) bond motifs is 2. The summed E-state index contributed by atoms with van der Waals surface area (Å²) in [7, 11) is -1.90. The fourth-order valence-electron chi connectivity index (χ4n) is 4.92. The summed E-state index contributed by atoms with van der Waals surface area (Å²) in [6.07, 6.45) is 4.53. The molecule has 1 spiro atoms. The van der Waals surface area contributed by atoms with Gasteiger partial charge in [-0.25, -0.2) is 4.98 Å². The molecular formula is C17H27N5O4S. The molecule has 2 fully saturated rings. The second-order valence-electron chi connectivity index (χ2n) is 7.83. The summed E-state index contributed by atoms with van der Waals surface area (Å²) in [6.45, 7) is 1.85. The number of piperidine rings is 1. The van der Waals surface area contributed by atoms with Gasteiger partial charge in [-0.05, 0) is 38.5 Å². The van der Waals surface area contributed by atoms with E-state index in [0.29, 0.717) is 51.1 Å². The van der Waals surface area contributed by atoms with E-state index in [1.807, 2.05) is 0 Å². The molecule has 0 aromatic carbocycles. The Bertz CT molecular complexity index is 876. The first-order valence-electron chi connectivity index (χ1n) is 9.52. The second kappa shape index (κ2) is 6.84. The molecule has 10 heteroatoms. The maximum absolute atomic E-state index is 13.1. The number of nitrogens with one attached hydrogen (secondary N) is 1. The zero-order chi connectivity index (χ0) is 19.2. The molecule has 27 heavy (non-hydrogen) atoms. The van der Waals surface area contributed by atoms with Crippen LogP contribution >= 0.6 is 0 Å². The summed E-state index contributed by atoms with van der Waals surface area (Å²) in [5, 5.41) is 0. The van der Waals surface area contributed by atoms with Gasteiger partial charge in [-0.2, -0.15) is 17.0 Å². The van der Waals surface area contributed by atoms with Crippen LogP contribution < -0.4 is 11.3 Å². The van der Waals surface area contributed by atoms with Crippen LogP contribution in [0.1, 0.15) is 43.4 Å². The number of nitrogens with zero attached hydrogens (tertiary/aromatic N) is 3. The Kier molecular flexibility index (Phi) is 4.77. The summed E-state index contributed by atoms with van der Waals surface area (Å²) >= 11 is 0. The van der Waals surface area contributed by atoms with Gasteiger partial charge in [0.25, 0.3) is 15.8 Å². The van der Waals surface area contributed by atoms with E-state index in [2.05, 4.69) is 9.97 Å². The van der Waals surface area contributed by atoms with Gasteiger partial charge in [0.05, 0.1) is 12.3 Å². The molecule has 1 unspecified atom stereocenters. The molecule has 3 aliphatic rings. The third-order valence-corrected chi connectivity index (χ3v) is 8.47. The first-order valence-corrected chi connectivity index (χ1v) is 10.9. The number of nitrogens with two attached hydrogens (primary N) is 1. The van der Waals surface area contributed by atoms with Gasteiger partial charge in [0.15, 0.2) is 0 Å². The normalized spacial score (nSPS) is 25.9. The van der Waals surface area contributed by atoms with E-state index < -0.39 is 10.2 Å². The van der Waals surface area contributed by atoms with Crippen molar-refractivity contribution < 1.29 is 13.2 Å². The number of methoxy groups -OCH3 is 1. The van der Waals surface area contributed by atoms with Crippen LogP contribution in [-0.4, -0.2) is 66.4 Å². The van der Waals surface area contributed by atoms with E-state index in [1.54, 1.807) is 15.7 Å². The smallest absolute Gasteiger partial charge is 0.282 e. The minimum Gasteiger partial charge on any atom is -0.383 e. The summed E-state index contributed by atoms with van der Waals surface area (Å²) in [6, 6.07) is -0.0804. The molecule has 0 bridgehead atoms. The first-order chi connectivity index (χ1) is 12.9. The molecule has 150 valence electrons. The average Bonchev–Trinajstić information content (AvgIpc) is 3.22. The summed E-state index contributed by atoms with van der Waals surface area (Å²) in [5.41, 5.74) is 6.84. The Balaban J connectivity index is 1.53. The van der Waals surface area contributed by atoms with E-state index in [0.717, 1.165) is 25.0 Å². The zero-order valence-corrected chi connectivity index (χ0v) is 16.4. The lowest BCUT2D eigenvalue weighted by Crippen LogP contribution is -2.52. The molecule has 3 heterocycles. The number of aromatic amines is 1. The predicted octanol–water partition coefficient (Wildman–Crippen LogP) is -0.0125. The molecule has 0 radical (unpaired) electrons. The van der Waals surface area contributed by atoms with Crippen LogP contribution in [0.4, 0.5) is 5.95 Å². The van der Waals surface area contributed by atoms with Gasteiger partial charge in [0.1, 0.15) is 0 Å². The van der Waals surface area contributed by atoms with Gasteiger partial charge in [0.2, 0.25) is 5.95 Å². The van der Waals surface area contributed by atoms with Crippen molar-refractivity contribution in [2.75, 3.05) is 39.1 Å². The number of hydrogen-bond acceptors (Lipinski definition) is 6. The molecule has 0 amide bonds. The van der Waals surface area contributed by atoms with Gasteiger partial charge in [0, 0.05) is 43.8 Å². The van der Waals surface area contributed by atoms with Crippen molar-refractivity contribution in [1.29, 1.82) is 0 Å². The Morgan fingerprint density at radius 2 is 2.04 bits per heavy atom. The fourth-order valence-corrected chi connectivity index (χ4v) is 6.76. The van der Waals surface area contributed by atoms with E-state index >= 15 is 0 Å². The summed E-state index contributed by atoms with van der Waals surface area (Å²) in [4.78, 5) is 19.1. The standard InChI is InChI=1S/C17H27N5O4S/c1-26-11-12-3-2-8-22(12)27(24,25)21-9-6-17(7-10-21)5-4-13-14(17)19-16(18)20-15(13)23/h12H,2-11H2,1H3,(H3,18,19,20,23). The molecule has 1 atom stereocenters. The molecule has 1 aromatic heterocycles. The number of rotatable bonds is 4. The summed E-state index contributed by atoms with van der Waals surface area (Å²) in [5.74, 6) is 0.134. The molecule has 4 rings (SSSR count). The first kappa shape index (κ1) is 18.9. The highest BCUT2D eigenvalue weighted by atomic mass is 32.2. The van der Waals surface area contributed by atoms with Crippen molar-refractivity contribution >= 4 is 16.2 Å². The summed E-state index contributed by atoms with van der Waals surface area (Å²) < 4.78 is 34.6. The van der Waals surface area contributed by atoms with Gasteiger partial charge in [-0.15, -0.1) is 0 Å². The lowest BCUT2D eigenvalue weighted by molar-refractivity contribution is 0.142. The minimum absolute atomic E-state index is 0.0804. The van der Waals surface area contributed by atoms with Crippen LogP contribution in [0, 0.1) is 0 Å². The quantitative estimate of drug-likeness (QED) is 0.737. The van der Waals surface area contributed by atoms with Crippen molar-refractivity contribution in [3.05, 3.63) is 21.6 Å². The maximum atomic E-state index is 13.1. The van der Waals surface area contributed by atoms with Gasteiger partial charge in [-0.1, -0.05) is 0 Å². The Morgan fingerprint density at radius 1 is 1.30 bits per heavy atom. The molecule has 3 N–H and O–H groups in total. The lowest BCUT2D eigenvalue weighted by Gasteiger charge is -2.40. The monoisotopic (exact) mass is 397 g/mol. The third-order valence-electron chi connectivity index (χ3n) is 6.37. The van der Waals surface area contributed by atoms with Crippen molar-refractivity contribution in [3.8, 4) is 0 Å². The van der Waals surface area contributed by atoms with E-state index in [4.69, 9.17) is 10.5 Å². The lowest BCUT2D eigenvalue weighted by atomic mass is 9.77. The van der Waals surface area contributed by atoms with Gasteiger partial charge < -0.3 is 10.5 Å². The van der Waals surface area contributed by atoms with Gasteiger partial charge >= 0.3 is 0 Å². The topological polar surface area (TPSA) is 122 Å². The Hall–Kier alpha value is -1.49. The molecular weight excluding hydrogens is 370 g/mol. The number of anilines is 1. The Labute approximate surface area is 159 Å². The average molecular weight is 398 g/mol. The number of nitrogen functional groups attached to an aromatic ring is 1. The fraction of sp³-hybridized carbons (Fsp3) is 0.765. The number of H-pyrrole nitrogens is 1. The van der Waals surface area contributed by atoms with Crippen molar-refractivity contribution in [2.24, 2.45) is 0 Å². The van der Waals surface area contributed by atoms with Crippen LogP contribution in [0.3, 0.4) is 0 Å². The highest BCUT2D eigenvalue weighted by Crippen LogP contribution is 2.45. The third kappa shape index (κ3) is 3.08. The Morgan fingerprint density at radius 3 is 2.74 bits per heavy atom. The van der Waals surface area contributed by atoms with Gasteiger partial charge in [-0.3, -0.25) is 9.78 Å². The molecule has 1 aromatic rings. The van der Waals surface area contributed by atoms with Crippen LogP contribution in [-0.2, 0) is 26.8 Å². The van der Waals surface area contributed by atoms with Crippen molar-refractivity contribution in [1.82, 2.24) is 18.6 Å². The SMILES string of the molecule is COCC1CCCN1S(=O)(=O)N1CCC2(CCc3c2nc(N)[nH]c3=O)CC1. The molecule has 0 saturated carbocycles. The van der Waals surface area contributed by atoms with Crippen molar-refractivity contribution in [3.63, 3.8) is 0 Å². The number of ether oxygens (including phenoxy) is 1. The second-order valence-corrected chi connectivity index (χ2v) is 9.71. The molecule has 9 nitrogen and oxygen atoms in total. The molecule has 1 aliphatic carbocycles. The van der Waals surface area contributed by atoms with E-state index in [1.165, 1.54) is 0 Å². The molecule has 2 saturated heterocycles. The number of aromatic nitrogens is 2. The predicted molar refractivity (Wildman–Crippen MR) is 101 cm³/mol. The maximum Gasteiger partial charge on any atom is 0.282 e. The highest BCUT2D eigenvalue weighted by Gasteiger charge is 2.47. The van der Waals surface area contributed by atoms with Crippen LogP contribution in [0.25, 0.3) is 0 Å². The van der Waals surface area contributed by atoms with Crippen LogP contribution in [0.15, 0.2) is 4.79 Å². The highest BCUT2D eigenvalue weighted by molar-refractivity contribution is 7.86. The zero-order valence-electron chi connectivity index (χ0n) is 15.6. The van der Waals surface area contributed by atoms with Crippen LogP contribution in [0.2, 0.25) is 0 Å². The minimum atomic E-state index is -3.50. The van der Waals surface area contributed by atoms with E-state index in [-0.39, 0.29) is 23.0 Å².